The number of aliphatic hydroxyl groups excluding tert-OH is 2. The van der Waals surface area contributed by atoms with E-state index in [1.807, 2.05) is 13.8 Å². The molecule has 0 radical (unpaired) electrons. The molecule has 5 N–H and O–H groups in total. The Morgan fingerprint density at radius 2 is 1.31 bits per heavy atom. The van der Waals surface area contributed by atoms with Crippen LogP contribution in [0.25, 0.3) is 0 Å². The van der Waals surface area contributed by atoms with Gasteiger partial charge >= 0.3 is 16.4 Å². The first kappa shape index (κ1) is 56.8. The van der Waals surface area contributed by atoms with Crippen LogP contribution in [0.2, 0.25) is 0 Å². The molecule has 0 saturated carbocycles. The minimum atomic E-state index is -4.57. The molecule has 0 aliphatic carbocycles. The summed E-state index contributed by atoms with van der Waals surface area (Å²) in [5, 5.41) is 44.9. The highest BCUT2D eigenvalue weighted by molar-refractivity contribution is 7.80. The highest BCUT2D eigenvalue weighted by Gasteiger charge is 2.65. The van der Waals surface area contributed by atoms with Gasteiger partial charge in [0.05, 0.1) is 133 Å². The molecule has 11 aliphatic rings. The number of carbonyl (C=O) groups is 1. The lowest BCUT2D eigenvalue weighted by Gasteiger charge is -2.61. The van der Waals surface area contributed by atoms with Crippen molar-refractivity contribution in [1.29, 1.82) is 0 Å². The van der Waals surface area contributed by atoms with Gasteiger partial charge < -0.3 is 72.5 Å². The summed E-state index contributed by atoms with van der Waals surface area (Å²) >= 11 is 0. The molecule has 1 unspecified atom stereocenters. The third kappa shape index (κ3) is 10.9. The average molecular weight is 1110 g/mol. The summed E-state index contributed by atoms with van der Waals surface area (Å²) in [5.41, 5.74) is -4.29. The number of ether oxygens (including phenoxy) is 11. The average Bonchev–Trinajstić information content (AvgIpc) is 3.56. The van der Waals surface area contributed by atoms with Gasteiger partial charge in [0, 0.05) is 44.9 Å². The zero-order valence-electron chi connectivity index (χ0n) is 45.4. The number of aliphatic carboxylic acids is 1. The third-order valence-corrected chi connectivity index (χ3v) is 20.4. The van der Waals surface area contributed by atoms with Gasteiger partial charge in [-0.1, -0.05) is 31.7 Å². The summed E-state index contributed by atoms with van der Waals surface area (Å²) in [6.07, 6.45) is 3.50. The number of fused-ring (bicyclic) bond motifs is 10. The molecule has 11 saturated heterocycles. The van der Waals surface area contributed by atoms with E-state index in [2.05, 4.69) is 38.1 Å². The van der Waals surface area contributed by atoms with Crippen molar-refractivity contribution in [3.63, 3.8) is 0 Å². The van der Waals surface area contributed by atoms with Crippen LogP contribution >= 0.6 is 0 Å². The fraction of sp³-hybridized carbons (Fsp3) is 0.875. The molecule has 77 heavy (non-hydrogen) atoms. The molecule has 434 valence electrons. The van der Waals surface area contributed by atoms with Crippen LogP contribution in [-0.4, -0.2) is 196 Å². The normalized spacial score (nSPS) is 51.7. The zero-order valence-corrected chi connectivity index (χ0v) is 46.2. The summed E-state index contributed by atoms with van der Waals surface area (Å²) in [6, 6.07) is 0. The highest BCUT2D eigenvalue weighted by Crippen LogP contribution is 2.54. The van der Waals surface area contributed by atoms with Crippen LogP contribution in [0.5, 0.6) is 0 Å². The van der Waals surface area contributed by atoms with Crippen LogP contribution in [0, 0.1) is 11.8 Å². The van der Waals surface area contributed by atoms with Crippen LogP contribution in [0.15, 0.2) is 37.0 Å². The molecule has 11 aliphatic heterocycles. The van der Waals surface area contributed by atoms with E-state index in [1.165, 1.54) is 18.2 Å². The van der Waals surface area contributed by atoms with Crippen LogP contribution in [0.4, 0.5) is 0 Å². The Kier molecular flexibility index (Phi) is 15.5. The summed E-state index contributed by atoms with van der Waals surface area (Å²) in [7, 11) is -4.57. The predicted octanol–water partition coefficient (Wildman–Crippen LogP) is 4.77. The molecule has 11 rings (SSSR count). The van der Waals surface area contributed by atoms with Gasteiger partial charge in [-0.2, -0.15) is 8.42 Å². The molecular weight excluding hydrogens is 1020 g/mol. The Balaban J connectivity index is 0.739. The van der Waals surface area contributed by atoms with Crippen molar-refractivity contribution >= 4 is 16.4 Å². The van der Waals surface area contributed by atoms with Crippen molar-refractivity contribution in [2.24, 2.45) is 11.8 Å². The molecule has 11 fully saturated rings. The standard InChI is InChI=1S/C56H84O20S/c1-9-11-30(51(59)60)13-16-52(4,61)50-29(3)20-39-38(72-50)26-46-56(8,75-39)49(58)48-42(71-46)24-41-47(73-48)28(2)12-17-54(6)45(70-41)27-44-55(7,76-54)18-14-31-32(69-44)21-34-33(66-31)22-35-36(67-34)23-40-37(68-35)25-43(57)53(5,74-40)15-10-19-65-77(62,63)64/h9,13,16,28,30-50,57-58,61H,1,3,10-12,14-15,17-27H2,2,4-8H3,(H,59,60)(H,62,63,64)/b16-13+/t28-,30?,31-,32+,33+,34-,35-,36+,37+,38+,39-,40-,41-,42+,43-,44-,45+,46-,47+,48+,49+,50-,52+,53+,54-,55+,56-/m0/s1. The number of carboxylic acid groups (broad SMARTS) is 1. The lowest BCUT2D eigenvalue weighted by atomic mass is 9.73. The van der Waals surface area contributed by atoms with E-state index in [-0.39, 0.29) is 98.6 Å². The number of hydrogen-bond donors (Lipinski definition) is 5. The molecule has 21 heteroatoms. The van der Waals surface area contributed by atoms with Gasteiger partial charge in [0.15, 0.2) is 0 Å². The molecule has 11 heterocycles. The van der Waals surface area contributed by atoms with E-state index in [1.54, 1.807) is 6.92 Å². The van der Waals surface area contributed by atoms with Crippen LogP contribution in [0.1, 0.15) is 138 Å². The van der Waals surface area contributed by atoms with E-state index in [9.17, 15) is 33.6 Å². The number of aliphatic hydroxyl groups is 3. The fourth-order valence-corrected chi connectivity index (χ4v) is 15.8. The Morgan fingerprint density at radius 1 is 0.740 bits per heavy atom. The first-order valence-electron chi connectivity index (χ1n) is 28.5. The molecule has 0 amide bonds. The first-order chi connectivity index (χ1) is 36.3. The molecule has 27 atom stereocenters. The van der Waals surface area contributed by atoms with E-state index >= 15 is 0 Å². The first-order valence-corrected chi connectivity index (χ1v) is 29.8. The minimum Gasteiger partial charge on any atom is -0.481 e. The van der Waals surface area contributed by atoms with Gasteiger partial charge in [0.1, 0.15) is 29.5 Å². The summed E-state index contributed by atoms with van der Waals surface area (Å²) in [6.45, 7) is 19.5. The molecule has 20 nitrogen and oxygen atoms in total. The quantitative estimate of drug-likeness (QED) is 0.106. The van der Waals surface area contributed by atoms with Gasteiger partial charge in [0.25, 0.3) is 0 Å². The number of carboxylic acids is 1. The zero-order chi connectivity index (χ0) is 54.8. The topological polar surface area (TPSA) is 263 Å². The van der Waals surface area contributed by atoms with Gasteiger partial charge in [0.2, 0.25) is 0 Å². The van der Waals surface area contributed by atoms with Gasteiger partial charge in [-0.05, 0) is 97.5 Å². The second-order valence-electron chi connectivity index (χ2n) is 25.7. The van der Waals surface area contributed by atoms with Gasteiger partial charge in [-0.15, -0.1) is 6.58 Å². The maximum atomic E-state index is 12.3. The monoisotopic (exact) mass is 1110 g/mol. The molecule has 0 bridgehead atoms. The summed E-state index contributed by atoms with van der Waals surface area (Å²) < 4.78 is 112. The number of hydrogen-bond acceptors (Lipinski definition) is 18. The van der Waals surface area contributed by atoms with Crippen molar-refractivity contribution in [3.8, 4) is 0 Å². The van der Waals surface area contributed by atoms with Gasteiger partial charge in [-0.25, -0.2) is 4.18 Å². The van der Waals surface area contributed by atoms with E-state index in [4.69, 9.17) is 56.7 Å². The van der Waals surface area contributed by atoms with Crippen LogP contribution in [-0.2, 0) is 71.5 Å². The van der Waals surface area contributed by atoms with E-state index < -0.39 is 99.1 Å². The molecule has 0 spiro atoms. The summed E-state index contributed by atoms with van der Waals surface area (Å²) in [5.74, 6) is -1.80. The van der Waals surface area contributed by atoms with Crippen molar-refractivity contribution in [3.05, 3.63) is 37.0 Å². The lowest BCUT2D eigenvalue weighted by Crippen LogP contribution is -2.74. The lowest BCUT2D eigenvalue weighted by molar-refractivity contribution is -0.369. The maximum absolute atomic E-state index is 12.3. The second-order valence-corrected chi connectivity index (χ2v) is 26.8. The van der Waals surface area contributed by atoms with Crippen molar-refractivity contribution < 1.29 is 94.5 Å². The van der Waals surface area contributed by atoms with Crippen molar-refractivity contribution in [2.75, 3.05) is 6.61 Å². The van der Waals surface area contributed by atoms with E-state index in [0.29, 0.717) is 63.4 Å². The number of allylic oxidation sites excluding steroid dienone is 1. The van der Waals surface area contributed by atoms with Crippen molar-refractivity contribution in [1.82, 2.24) is 0 Å². The molecular formula is C56H84O20S. The van der Waals surface area contributed by atoms with Crippen LogP contribution in [0.3, 0.4) is 0 Å². The highest BCUT2D eigenvalue weighted by atomic mass is 32.3. The van der Waals surface area contributed by atoms with Crippen LogP contribution < -0.4 is 0 Å². The SMILES string of the molecule is C=CCC(/C=C/[C@@](C)(O)[C@H]1O[C@@H]2C[C@@H]3O[C@@H]4C[C@@H]5O[C@@H]6C[C@@H]7O[C@@H]8C[C@@H]9O[C@@H]%10C[C@@H]%11O[C@](C)(CCCOS(=O)(=O)O)[C@@H](O)C[C@H]%11O[C@H]%10C[C@H]9O[C@H]8CC[C@@]7(C)O[C@@]6(C)CC[C@H](C)[C@H]5O[C@H]4[C@@H](O)[C@@]3(C)O[C@H]2CC1=C)C(=O)O. The van der Waals surface area contributed by atoms with E-state index in [0.717, 1.165) is 25.7 Å². The Bertz CT molecular complexity index is 2350. The Labute approximate surface area is 452 Å². The summed E-state index contributed by atoms with van der Waals surface area (Å²) in [4.78, 5) is 11.9. The Hall–Kier alpha value is -2.00. The molecule has 0 aromatic rings. The predicted molar refractivity (Wildman–Crippen MR) is 272 cm³/mol. The molecule has 0 aromatic carbocycles. The minimum absolute atomic E-state index is 0.0713. The fourth-order valence-electron chi connectivity index (χ4n) is 15.5. The van der Waals surface area contributed by atoms with Gasteiger partial charge in [-0.3, -0.25) is 9.35 Å². The largest absolute Gasteiger partial charge is 0.481 e. The smallest absolute Gasteiger partial charge is 0.397 e. The Morgan fingerprint density at radius 3 is 1.97 bits per heavy atom. The molecule has 0 aromatic heterocycles. The maximum Gasteiger partial charge on any atom is 0.397 e. The van der Waals surface area contributed by atoms with Crippen molar-refractivity contribution in [2.45, 2.75) is 288 Å². The number of rotatable bonds is 11. The third-order valence-electron chi connectivity index (χ3n) is 20.0. The second kappa shape index (κ2) is 21.0.